The summed E-state index contributed by atoms with van der Waals surface area (Å²) in [5.74, 6) is 1.69. The highest BCUT2D eigenvalue weighted by atomic mass is 16.4. The molecule has 16 heavy (non-hydrogen) atoms. The second-order valence-electron chi connectivity index (χ2n) is 5.31. The van der Waals surface area contributed by atoms with Crippen molar-refractivity contribution in [1.29, 1.82) is 0 Å². The van der Waals surface area contributed by atoms with E-state index in [1.807, 2.05) is 0 Å². The minimum atomic E-state index is 0.228. The first-order chi connectivity index (χ1) is 7.79. The molecule has 1 nitrogen and oxygen atoms in total. The smallest absolute Gasteiger partial charge is 0.323 e. The van der Waals surface area contributed by atoms with Gasteiger partial charge in [0.05, 0.1) is 0 Å². The van der Waals surface area contributed by atoms with Crippen molar-refractivity contribution in [1.82, 2.24) is 0 Å². The molecule has 0 spiro atoms. The number of benzene rings is 1. The second kappa shape index (κ2) is 3.92. The summed E-state index contributed by atoms with van der Waals surface area (Å²) in [5, 5.41) is 0. The van der Waals surface area contributed by atoms with Gasteiger partial charge in [0, 0.05) is 7.11 Å². The van der Waals surface area contributed by atoms with Crippen molar-refractivity contribution in [3.63, 3.8) is 0 Å². The van der Waals surface area contributed by atoms with Crippen LogP contribution in [0.4, 0.5) is 0 Å². The number of fused-ring (bicyclic) bond motifs is 2. The van der Waals surface area contributed by atoms with E-state index >= 15 is 0 Å². The molecule has 0 atom stereocenters. The zero-order valence-electron chi connectivity index (χ0n) is 10.2. The van der Waals surface area contributed by atoms with Crippen LogP contribution in [0.2, 0.25) is 6.82 Å². The van der Waals surface area contributed by atoms with Gasteiger partial charge < -0.3 is 4.65 Å². The van der Waals surface area contributed by atoms with Crippen molar-refractivity contribution in [2.45, 2.75) is 44.3 Å². The molecule has 3 aliphatic carbocycles. The molecule has 0 aliphatic heterocycles. The summed E-state index contributed by atoms with van der Waals surface area (Å²) in [6.07, 6.45) is 5.64. The highest BCUT2D eigenvalue weighted by molar-refractivity contribution is 6.66. The molecule has 1 aromatic rings. The van der Waals surface area contributed by atoms with Gasteiger partial charge in [-0.05, 0) is 54.1 Å². The molecule has 3 aliphatic rings. The Morgan fingerprint density at radius 3 is 2.31 bits per heavy atom. The van der Waals surface area contributed by atoms with Gasteiger partial charge in [-0.3, -0.25) is 0 Å². The molecule has 4 rings (SSSR count). The summed E-state index contributed by atoms with van der Waals surface area (Å²) in [6, 6.07) is 7.02. The highest BCUT2D eigenvalue weighted by Crippen LogP contribution is 2.48. The fourth-order valence-corrected chi connectivity index (χ4v) is 3.42. The predicted molar refractivity (Wildman–Crippen MR) is 68.7 cm³/mol. The Morgan fingerprint density at radius 2 is 1.69 bits per heavy atom. The summed E-state index contributed by atoms with van der Waals surface area (Å²) in [6.45, 7) is 2.36. The molecule has 1 saturated carbocycles. The minimum absolute atomic E-state index is 0.228. The van der Waals surface area contributed by atoms with E-state index in [0.29, 0.717) is 0 Å². The van der Waals surface area contributed by atoms with Crippen LogP contribution in [0.15, 0.2) is 18.2 Å². The van der Waals surface area contributed by atoms with Crippen molar-refractivity contribution < 1.29 is 4.65 Å². The monoisotopic (exact) mass is 214 g/mol. The van der Waals surface area contributed by atoms with Gasteiger partial charge in [-0.15, -0.1) is 0 Å². The summed E-state index contributed by atoms with van der Waals surface area (Å²) in [7, 11) is 1.79. The molecular weight excluding hydrogens is 195 g/mol. The van der Waals surface area contributed by atoms with Gasteiger partial charge in [-0.25, -0.2) is 0 Å². The normalized spacial score (nSPS) is 26.6. The van der Waals surface area contributed by atoms with Gasteiger partial charge in [-0.2, -0.15) is 0 Å². The Bertz CT molecular complexity index is 394. The van der Waals surface area contributed by atoms with Gasteiger partial charge in [0.2, 0.25) is 0 Å². The maximum atomic E-state index is 5.41. The van der Waals surface area contributed by atoms with Crippen LogP contribution in [0.1, 0.15) is 48.6 Å². The van der Waals surface area contributed by atoms with Crippen LogP contribution in [-0.4, -0.2) is 14.0 Å². The highest BCUT2D eigenvalue weighted by Gasteiger charge is 2.33. The molecule has 0 aromatic heterocycles. The van der Waals surface area contributed by atoms with Crippen molar-refractivity contribution in [2.24, 2.45) is 0 Å². The number of hydrogen-bond acceptors (Lipinski definition) is 1. The third-order valence-electron chi connectivity index (χ3n) is 4.54. The van der Waals surface area contributed by atoms with Gasteiger partial charge in [0.25, 0.3) is 0 Å². The Balaban J connectivity index is 2.02. The van der Waals surface area contributed by atoms with Crippen LogP contribution in [-0.2, 0) is 4.65 Å². The first-order valence-corrected chi connectivity index (χ1v) is 6.46. The van der Waals surface area contributed by atoms with E-state index in [9.17, 15) is 0 Å². The number of hydrogen-bond donors (Lipinski definition) is 0. The van der Waals surface area contributed by atoms with Gasteiger partial charge in [0.15, 0.2) is 0 Å². The largest absolute Gasteiger partial charge is 0.434 e. The lowest BCUT2D eigenvalue weighted by atomic mass is 9.60. The molecule has 2 bridgehead atoms. The summed E-state index contributed by atoms with van der Waals surface area (Å²) >= 11 is 0. The fourth-order valence-electron chi connectivity index (χ4n) is 3.42. The Morgan fingerprint density at radius 1 is 1.06 bits per heavy atom. The van der Waals surface area contributed by atoms with Crippen LogP contribution in [0.3, 0.4) is 0 Å². The van der Waals surface area contributed by atoms with Crippen molar-refractivity contribution in [2.75, 3.05) is 7.11 Å². The second-order valence-corrected chi connectivity index (χ2v) is 5.31. The minimum Gasteiger partial charge on any atom is -0.434 e. The Kier molecular flexibility index (Phi) is 2.55. The lowest BCUT2D eigenvalue weighted by Crippen LogP contribution is -2.31. The average molecular weight is 214 g/mol. The average Bonchev–Trinajstić information content (AvgIpc) is 2.39. The molecule has 0 saturated heterocycles. The maximum Gasteiger partial charge on any atom is 0.323 e. The molecule has 0 N–H and O–H groups in total. The first-order valence-electron chi connectivity index (χ1n) is 6.46. The molecule has 0 radical (unpaired) electrons. The lowest BCUT2D eigenvalue weighted by Gasteiger charge is -2.38. The lowest BCUT2D eigenvalue weighted by molar-refractivity contribution is 0.359. The van der Waals surface area contributed by atoms with Gasteiger partial charge >= 0.3 is 6.92 Å². The van der Waals surface area contributed by atoms with E-state index in [1.54, 1.807) is 18.2 Å². The third kappa shape index (κ3) is 1.51. The van der Waals surface area contributed by atoms with Crippen LogP contribution in [0, 0.1) is 0 Å². The summed E-state index contributed by atoms with van der Waals surface area (Å²) in [4.78, 5) is 0. The van der Waals surface area contributed by atoms with Crippen LogP contribution in [0.5, 0.6) is 0 Å². The van der Waals surface area contributed by atoms with Gasteiger partial charge in [-0.1, -0.05) is 25.0 Å². The van der Waals surface area contributed by atoms with E-state index in [-0.39, 0.29) is 6.92 Å². The zero-order chi connectivity index (χ0) is 11.1. The van der Waals surface area contributed by atoms with Gasteiger partial charge in [0.1, 0.15) is 0 Å². The van der Waals surface area contributed by atoms with E-state index in [4.69, 9.17) is 4.65 Å². The Hall–Kier alpha value is -0.755. The van der Waals surface area contributed by atoms with Crippen LogP contribution < -0.4 is 5.46 Å². The van der Waals surface area contributed by atoms with Crippen molar-refractivity contribution >= 4 is 12.4 Å². The predicted octanol–water partition coefficient (Wildman–Crippen LogP) is 2.92. The molecule has 1 fully saturated rings. The molecule has 0 unspecified atom stereocenters. The van der Waals surface area contributed by atoms with Crippen LogP contribution >= 0.6 is 0 Å². The van der Waals surface area contributed by atoms with E-state index in [0.717, 1.165) is 11.8 Å². The van der Waals surface area contributed by atoms with E-state index in [2.05, 4.69) is 25.0 Å². The molecule has 0 amide bonds. The van der Waals surface area contributed by atoms with Crippen molar-refractivity contribution in [3.8, 4) is 0 Å². The van der Waals surface area contributed by atoms with Crippen molar-refractivity contribution in [3.05, 3.63) is 29.3 Å². The molecule has 1 aromatic carbocycles. The van der Waals surface area contributed by atoms with E-state index in [1.165, 1.54) is 31.1 Å². The molecular formula is C14H19BO. The molecule has 84 valence electrons. The number of rotatable bonds is 2. The maximum absolute atomic E-state index is 5.41. The van der Waals surface area contributed by atoms with E-state index < -0.39 is 0 Å². The third-order valence-corrected chi connectivity index (χ3v) is 4.54. The van der Waals surface area contributed by atoms with Crippen LogP contribution in [0.25, 0.3) is 0 Å². The first kappa shape index (κ1) is 10.4. The zero-order valence-corrected chi connectivity index (χ0v) is 10.2. The Labute approximate surface area is 98.3 Å². The SMILES string of the molecule is COB(C)c1ccc2c(c1)C1CCC2CC1. The fraction of sp³-hybridized carbons (Fsp3) is 0.571. The summed E-state index contributed by atoms with van der Waals surface area (Å²) < 4.78 is 5.41. The quantitative estimate of drug-likeness (QED) is 0.687. The molecule has 0 heterocycles. The topological polar surface area (TPSA) is 9.23 Å². The standard InChI is InChI=1S/C14H19BO/c1-15(16-2)12-7-8-13-10-3-5-11(6-4-10)14(13)9-12/h7-11H,3-6H2,1-2H3. The molecule has 2 heteroatoms. The summed E-state index contributed by atoms with van der Waals surface area (Å²) in [5.41, 5.74) is 4.60.